The monoisotopic (exact) mass is 570 g/mol. The van der Waals surface area contributed by atoms with Gasteiger partial charge in [-0.15, -0.1) is 0 Å². The molecule has 0 saturated carbocycles. The highest BCUT2D eigenvalue weighted by Crippen LogP contribution is 2.39. The molecule has 0 bridgehead atoms. The molecule has 0 N–H and O–H groups in total. The van der Waals surface area contributed by atoms with Crippen LogP contribution in [0.3, 0.4) is 0 Å². The van der Waals surface area contributed by atoms with Crippen LogP contribution in [-0.4, -0.2) is 49.3 Å². The number of hydrogen-bond donors (Lipinski definition) is 0. The van der Waals surface area contributed by atoms with E-state index in [1.165, 1.54) is 7.11 Å². The summed E-state index contributed by atoms with van der Waals surface area (Å²) in [6, 6.07) is 22.1. The molecule has 6 rings (SSSR count). The molecule has 0 radical (unpaired) electrons. The molecular weight excluding hydrogens is 540 g/mol. The van der Waals surface area contributed by atoms with Crippen LogP contribution in [0.1, 0.15) is 35.3 Å². The Labute approximate surface area is 241 Å². The van der Waals surface area contributed by atoms with Crippen LogP contribution >= 0.6 is 0 Å². The molecule has 0 amide bonds. The maximum Gasteiger partial charge on any atom is 0.509 e. The van der Waals surface area contributed by atoms with Crippen molar-refractivity contribution in [2.45, 2.75) is 57.4 Å². The second kappa shape index (κ2) is 10.7. The van der Waals surface area contributed by atoms with Crippen molar-refractivity contribution in [3.05, 3.63) is 99.9 Å². The highest BCUT2D eigenvalue weighted by Gasteiger charge is 2.59. The Kier molecular flexibility index (Phi) is 7.08. The molecule has 0 aliphatic carbocycles. The summed E-state index contributed by atoms with van der Waals surface area (Å²) in [5.41, 5.74) is 1.91. The van der Waals surface area contributed by atoms with Gasteiger partial charge in [0, 0.05) is 35.6 Å². The fourth-order valence-electron chi connectivity index (χ4n) is 5.76. The highest BCUT2D eigenvalue weighted by atomic mass is 16.8. The van der Waals surface area contributed by atoms with E-state index in [9.17, 15) is 14.4 Å². The third kappa shape index (κ3) is 4.95. The predicted octanol–water partition coefficient (Wildman–Crippen LogP) is 5.63. The van der Waals surface area contributed by atoms with Crippen LogP contribution in [0.2, 0.25) is 0 Å². The number of carbonyl (C=O) groups is 2. The number of Topliss-reactive ketones (excluding diaryl/α,β-unsaturated/α-hetero) is 1. The molecule has 2 aliphatic heterocycles. The van der Waals surface area contributed by atoms with Gasteiger partial charge < -0.3 is 28.1 Å². The summed E-state index contributed by atoms with van der Waals surface area (Å²) < 4.78 is 34.3. The van der Waals surface area contributed by atoms with Crippen molar-refractivity contribution >= 4 is 22.9 Å². The molecule has 2 aliphatic rings. The Morgan fingerprint density at radius 3 is 2.40 bits per heavy atom. The zero-order chi connectivity index (χ0) is 29.6. The van der Waals surface area contributed by atoms with Gasteiger partial charge in [0.2, 0.25) is 12.4 Å². The maximum absolute atomic E-state index is 13.4. The number of ketones is 1. The van der Waals surface area contributed by atoms with Crippen LogP contribution in [0.15, 0.2) is 82.0 Å². The van der Waals surface area contributed by atoms with E-state index >= 15 is 0 Å². The van der Waals surface area contributed by atoms with Crippen LogP contribution in [-0.2, 0) is 25.4 Å². The molecule has 0 spiro atoms. The maximum atomic E-state index is 13.4. The molecule has 216 valence electrons. The van der Waals surface area contributed by atoms with Gasteiger partial charge in [-0.25, -0.2) is 9.59 Å². The quantitative estimate of drug-likeness (QED) is 0.159. The van der Waals surface area contributed by atoms with Gasteiger partial charge in [-0.1, -0.05) is 54.6 Å². The summed E-state index contributed by atoms with van der Waals surface area (Å²) in [7, 11) is 1.51. The Morgan fingerprint density at radius 2 is 1.64 bits per heavy atom. The van der Waals surface area contributed by atoms with Crippen LogP contribution in [0, 0.1) is 6.92 Å². The Balaban J connectivity index is 1.27. The summed E-state index contributed by atoms with van der Waals surface area (Å²) in [4.78, 5) is 38.4. The number of hydrogen-bond acceptors (Lipinski definition) is 9. The van der Waals surface area contributed by atoms with E-state index in [0.29, 0.717) is 27.8 Å². The molecule has 4 aromatic rings. The van der Waals surface area contributed by atoms with Gasteiger partial charge >= 0.3 is 11.8 Å². The van der Waals surface area contributed by atoms with Crippen molar-refractivity contribution in [1.29, 1.82) is 0 Å². The number of methoxy groups -OCH3 is 1. The first kappa shape index (κ1) is 27.7. The zero-order valence-corrected chi connectivity index (χ0v) is 23.6. The molecule has 9 nitrogen and oxygen atoms in total. The van der Waals surface area contributed by atoms with E-state index in [-0.39, 0.29) is 17.8 Å². The lowest BCUT2D eigenvalue weighted by Crippen LogP contribution is -2.62. The average Bonchev–Trinajstić information content (AvgIpc) is 3.36. The SMILES string of the molecule is CO[C@@H]1[C@H]2OC(=O)O[C@H]2[C@H](Oc2ccc3cc(CC(=O)c4ccccc4-c4ccccc4)c(=O)oc3c2C)OC1(C)C. The van der Waals surface area contributed by atoms with E-state index in [1.807, 2.05) is 56.3 Å². The van der Waals surface area contributed by atoms with Gasteiger partial charge in [0.05, 0.1) is 5.60 Å². The predicted molar refractivity (Wildman–Crippen MR) is 153 cm³/mol. The third-order valence-corrected chi connectivity index (χ3v) is 7.79. The van der Waals surface area contributed by atoms with Crippen LogP contribution in [0.5, 0.6) is 5.75 Å². The number of carbonyl (C=O) groups excluding carboxylic acids is 2. The van der Waals surface area contributed by atoms with E-state index in [0.717, 1.165) is 11.1 Å². The van der Waals surface area contributed by atoms with Crippen LogP contribution < -0.4 is 10.4 Å². The lowest BCUT2D eigenvalue weighted by atomic mass is 9.89. The van der Waals surface area contributed by atoms with Crippen LogP contribution in [0.25, 0.3) is 22.1 Å². The first-order chi connectivity index (χ1) is 20.2. The number of aryl methyl sites for hydroxylation is 1. The lowest BCUT2D eigenvalue weighted by Gasteiger charge is -2.45. The van der Waals surface area contributed by atoms with Crippen molar-refractivity contribution in [3.63, 3.8) is 0 Å². The topological polar surface area (TPSA) is 110 Å². The number of benzene rings is 3. The van der Waals surface area contributed by atoms with Gasteiger partial charge in [0.15, 0.2) is 11.9 Å². The van der Waals surface area contributed by atoms with Crippen molar-refractivity contribution in [3.8, 4) is 16.9 Å². The summed E-state index contributed by atoms with van der Waals surface area (Å²) in [5.74, 6) is 0.191. The van der Waals surface area contributed by atoms with E-state index in [4.69, 9.17) is 28.1 Å². The van der Waals surface area contributed by atoms with Gasteiger partial charge in [-0.3, -0.25) is 4.79 Å². The lowest BCUT2D eigenvalue weighted by molar-refractivity contribution is -0.282. The van der Waals surface area contributed by atoms with Crippen molar-refractivity contribution in [2.24, 2.45) is 0 Å². The molecule has 4 atom stereocenters. The number of rotatable bonds is 7. The summed E-state index contributed by atoms with van der Waals surface area (Å²) >= 11 is 0. The van der Waals surface area contributed by atoms with E-state index in [2.05, 4.69) is 0 Å². The first-order valence-electron chi connectivity index (χ1n) is 13.6. The molecule has 3 aromatic carbocycles. The second-order valence-corrected chi connectivity index (χ2v) is 11.0. The fraction of sp³-hybridized carbons (Fsp3) is 0.303. The molecule has 9 heteroatoms. The average molecular weight is 571 g/mol. The van der Waals surface area contributed by atoms with Crippen molar-refractivity contribution in [1.82, 2.24) is 0 Å². The smallest absolute Gasteiger partial charge is 0.460 e. The minimum absolute atomic E-state index is 0.112. The molecule has 2 saturated heterocycles. The van der Waals surface area contributed by atoms with Crippen molar-refractivity contribution in [2.75, 3.05) is 7.11 Å². The zero-order valence-electron chi connectivity index (χ0n) is 23.6. The molecule has 2 fully saturated rings. The first-order valence-corrected chi connectivity index (χ1v) is 13.6. The molecule has 3 heterocycles. The summed E-state index contributed by atoms with van der Waals surface area (Å²) in [6.07, 6.45) is -4.07. The van der Waals surface area contributed by atoms with Gasteiger partial charge in [-0.2, -0.15) is 0 Å². The minimum atomic E-state index is -0.993. The molecule has 0 unspecified atom stereocenters. The Bertz CT molecular complexity index is 1720. The normalized spacial score (nSPS) is 22.7. The number of ether oxygens (including phenoxy) is 5. The Hall–Kier alpha value is -4.47. The van der Waals surface area contributed by atoms with Crippen molar-refractivity contribution < 1.29 is 37.7 Å². The number of fused-ring (bicyclic) bond motifs is 2. The largest absolute Gasteiger partial charge is 0.509 e. The van der Waals surface area contributed by atoms with Gasteiger partial charge in [-0.05, 0) is 50.1 Å². The summed E-state index contributed by atoms with van der Waals surface area (Å²) in [6.45, 7) is 5.38. The molecule has 1 aromatic heterocycles. The third-order valence-electron chi connectivity index (χ3n) is 7.79. The summed E-state index contributed by atoms with van der Waals surface area (Å²) in [5, 5.41) is 0.636. The van der Waals surface area contributed by atoms with Gasteiger partial charge in [0.25, 0.3) is 0 Å². The molecular formula is C33H30O9. The minimum Gasteiger partial charge on any atom is -0.460 e. The second-order valence-electron chi connectivity index (χ2n) is 11.0. The highest BCUT2D eigenvalue weighted by molar-refractivity contribution is 6.03. The van der Waals surface area contributed by atoms with Crippen LogP contribution in [0.4, 0.5) is 4.79 Å². The van der Waals surface area contributed by atoms with Gasteiger partial charge in [0.1, 0.15) is 17.4 Å². The molecule has 42 heavy (non-hydrogen) atoms. The van der Waals surface area contributed by atoms with E-state index < -0.39 is 42.0 Å². The fourth-order valence-corrected chi connectivity index (χ4v) is 5.76. The van der Waals surface area contributed by atoms with E-state index in [1.54, 1.807) is 37.3 Å². The Morgan fingerprint density at radius 1 is 0.929 bits per heavy atom. The standard InChI is InChI=1S/C33H30O9/c1-18-25(38-31-28-27(40-32(36)41-28)29(37-4)33(2,3)42-31)15-14-20-16-21(30(35)39-26(18)20)17-24(34)23-13-9-8-12-22(23)19-10-6-5-7-11-19/h5-16,27-29,31H,17H2,1-4H3/t27-,28+,29+,31+/m0/s1.